The van der Waals surface area contributed by atoms with E-state index in [1.54, 1.807) is 29.2 Å². The number of likely N-dealkylation sites (tertiary alicyclic amines) is 1. The summed E-state index contributed by atoms with van der Waals surface area (Å²) in [7, 11) is 0. The highest BCUT2D eigenvalue weighted by atomic mass is 16.1. The lowest BCUT2D eigenvalue weighted by atomic mass is 9.89. The molecule has 5 nitrogen and oxygen atoms in total. The summed E-state index contributed by atoms with van der Waals surface area (Å²) in [6, 6.07) is 8.04. The Morgan fingerprint density at radius 3 is 2.67 bits per heavy atom. The van der Waals surface area contributed by atoms with Crippen LogP contribution in [0.1, 0.15) is 32.1 Å². The molecule has 0 bridgehead atoms. The van der Waals surface area contributed by atoms with Crippen molar-refractivity contribution in [2.75, 3.05) is 13.1 Å². The molecule has 0 radical (unpaired) electrons. The average molecular weight is 324 g/mol. The minimum Gasteiger partial charge on any atom is -0.300 e. The minimum absolute atomic E-state index is 0.0150. The van der Waals surface area contributed by atoms with Crippen LogP contribution in [-0.4, -0.2) is 38.8 Å². The first-order valence-electron chi connectivity index (χ1n) is 9.02. The molecule has 0 spiro atoms. The molecular weight excluding hydrogens is 300 g/mol. The topological polar surface area (TPSA) is 51.0 Å². The number of hydrogen-bond acceptors (Lipinski definition) is 4. The zero-order valence-electron chi connectivity index (χ0n) is 14.0. The molecule has 126 valence electrons. The van der Waals surface area contributed by atoms with Gasteiger partial charge in [-0.15, -0.1) is 0 Å². The highest BCUT2D eigenvalue weighted by Gasteiger charge is 2.33. The summed E-state index contributed by atoms with van der Waals surface area (Å²) >= 11 is 0. The Morgan fingerprint density at radius 1 is 1.08 bits per heavy atom. The number of rotatable bonds is 4. The van der Waals surface area contributed by atoms with Crippen LogP contribution in [0.2, 0.25) is 0 Å². The van der Waals surface area contributed by atoms with Crippen molar-refractivity contribution in [1.82, 2.24) is 19.7 Å². The number of hydrogen-bond donors (Lipinski definition) is 0. The number of aromatic nitrogens is 3. The van der Waals surface area contributed by atoms with Crippen molar-refractivity contribution >= 4 is 0 Å². The van der Waals surface area contributed by atoms with Crippen LogP contribution >= 0.6 is 0 Å². The summed E-state index contributed by atoms with van der Waals surface area (Å²) in [6.07, 6.45) is 10.4. The van der Waals surface area contributed by atoms with Gasteiger partial charge in [0.15, 0.2) is 0 Å². The maximum Gasteiger partial charge on any atom is 0.266 e. The molecule has 1 saturated heterocycles. The van der Waals surface area contributed by atoms with Crippen LogP contribution in [0.5, 0.6) is 0 Å². The van der Waals surface area contributed by atoms with E-state index in [-0.39, 0.29) is 5.56 Å². The maximum atomic E-state index is 12.1. The quantitative estimate of drug-likeness (QED) is 0.867. The third-order valence-electron chi connectivity index (χ3n) is 5.33. The predicted octanol–water partition coefficient (Wildman–Crippen LogP) is 2.57. The van der Waals surface area contributed by atoms with Crippen LogP contribution < -0.4 is 5.56 Å². The molecule has 0 atom stereocenters. The lowest BCUT2D eigenvalue weighted by Gasteiger charge is -2.45. The fourth-order valence-corrected chi connectivity index (χ4v) is 3.96. The largest absolute Gasteiger partial charge is 0.300 e. The van der Waals surface area contributed by atoms with Crippen LogP contribution in [-0.2, 0) is 6.54 Å². The number of nitrogens with zero attached hydrogens (tertiary/aromatic N) is 4. The van der Waals surface area contributed by atoms with Gasteiger partial charge in [0.05, 0.1) is 12.2 Å². The van der Waals surface area contributed by atoms with Crippen molar-refractivity contribution in [3.63, 3.8) is 0 Å². The summed E-state index contributed by atoms with van der Waals surface area (Å²) in [5, 5.41) is 4.55. The lowest BCUT2D eigenvalue weighted by molar-refractivity contribution is 0.0251. The first kappa shape index (κ1) is 15.5. The van der Waals surface area contributed by atoms with Crippen LogP contribution in [0.25, 0.3) is 11.3 Å². The molecule has 2 fully saturated rings. The second-order valence-corrected chi connectivity index (χ2v) is 7.09. The zero-order valence-corrected chi connectivity index (χ0v) is 14.0. The summed E-state index contributed by atoms with van der Waals surface area (Å²) in [5.41, 5.74) is 1.74. The van der Waals surface area contributed by atoms with Gasteiger partial charge in [-0.1, -0.05) is 19.3 Å². The van der Waals surface area contributed by atoms with E-state index in [0.717, 1.165) is 36.9 Å². The van der Waals surface area contributed by atoms with E-state index >= 15 is 0 Å². The molecule has 2 aromatic rings. The van der Waals surface area contributed by atoms with Crippen molar-refractivity contribution in [3.05, 3.63) is 47.0 Å². The normalized spacial score (nSPS) is 20.0. The summed E-state index contributed by atoms with van der Waals surface area (Å²) in [4.78, 5) is 18.9. The molecule has 1 aliphatic carbocycles. The van der Waals surface area contributed by atoms with Crippen LogP contribution in [0, 0.1) is 5.92 Å². The van der Waals surface area contributed by atoms with Crippen molar-refractivity contribution in [1.29, 1.82) is 0 Å². The maximum absolute atomic E-state index is 12.1. The molecular formula is C19H24N4O. The van der Waals surface area contributed by atoms with E-state index in [1.165, 1.54) is 32.1 Å². The van der Waals surface area contributed by atoms with Gasteiger partial charge in [0.1, 0.15) is 0 Å². The third kappa shape index (κ3) is 3.26. The molecule has 0 aromatic carbocycles. The van der Waals surface area contributed by atoms with E-state index in [0.29, 0.717) is 5.92 Å². The average Bonchev–Trinajstić information content (AvgIpc) is 2.60. The molecule has 2 aliphatic rings. The van der Waals surface area contributed by atoms with Crippen molar-refractivity contribution in [2.24, 2.45) is 5.92 Å². The second-order valence-electron chi connectivity index (χ2n) is 7.09. The molecule has 4 rings (SSSR count). The Kier molecular flexibility index (Phi) is 4.43. The van der Waals surface area contributed by atoms with Gasteiger partial charge in [-0.3, -0.25) is 14.7 Å². The van der Waals surface area contributed by atoms with Gasteiger partial charge in [-0.25, -0.2) is 4.68 Å². The molecule has 0 N–H and O–H groups in total. The van der Waals surface area contributed by atoms with Gasteiger partial charge < -0.3 is 0 Å². The first-order valence-corrected chi connectivity index (χ1v) is 9.02. The van der Waals surface area contributed by atoms with E-state index in [4.69, 9.17) is 0 Å². The molecule has 24 heavy (non-hydrogen) atoms. The molecule has 0 amide bonds. The molecule has 5 heteroatoms. The fraction of sp³-hybridized carbons (Fsp3) is 0.526. The van der Waals surface area contributed by atoms with E-state index in [9.17, 15) is 4.79 Å². The summed E-state index contributed by atoms with van der Waals surface area (Å²) < 4.78 is 1.63. The molecule has 1 aliphatic heterocycles. The Morgan fingerprint density at radius 2 is 1.92 bits per heavy atom. The van der Waals surface area contributed by atoms with Crippen LogP contribution in [0.3, 0.4) is 0 Å². The van der Waals surface area contributed by atoms with Gasteiger partial charge in [0.25, 0.3) is 5.56 Å². The van der Waals surface area contributed by atoms with E-state index in [2.05, 4.69) is 15.0 Å². The van der Waals surface area contributed by atoms with Gasteiger partial charge in [-0.05, 0) is 31.0 Å². The van der Waals surface area contributed by atoms with Gasteiger partial charge in [0, 0.05) is 49.1 Å². The predicted molar refractivity (Wildman–Crippen MR) is 93.7 cm³/mol. The molecule has 2 aromatic heterocycles. The summed E-state index contributed by atoms with van der Waals surface area (Å²) in [6.45, 7) is 2.93. The molecule has 1 saturated carbocycles. The van der Waals surface area contributed by atoms with Crippen LogP contribution in [0.15, 0.2) is 41.5 Å². The Bertz CT molecular complexity index is 731. The van der Waals surface area contributed by atoms with Crippen molar-refractivity contribution in [3.8, 4) is 11.3 Å². The highest BCUT2D eigenvalue weighted by molar-refractivity contribution is 5.56. The van der Waals surface area contributed by atoms with Crippen molar-refractivity contribution < 1.29 is 0 Å². The van der Waals surface area contributed by atoms with Gasteiger partial charge in [0.2, 0.25) is 0 Å². The standard InChI is InChI=1S/C19H24N4O/c24-19-9-8-18(16-5-4-10-20-11-16)21-23(19)14-15-12-22(13-15)17-6-2-1-3-7-17/h4-5,8-11,15,17H,1-3,6-7,12-14H2. The number of pyridine rings is 1. The molecule has 0 unspecified atom stereocenters. The Labute approximate surface area is 142 Å². The monoisotopic (exact) mass is 324 g/mol. The lowest BCUT2D eigenvalue weighted by Crippen LogP contribution is -2.54. The Balaban J connectivity index is 1.41. The Hall–Kier alpha value is -2.01. The second kappa shape index (κ2) is 6.85. The van der Waals surface area contributed by atoms with E-state index < -0.39 is 0 Å². The van der Waals surface area contributed by atoms with Gasteiger partial charge in [-0.2, -0.15) is 5.10 Å². The smallest absolute Gasteiger partial charge is 0.266 e. The van der Waals surface area contributed by atoms with Crippen LogP contribution in [0.4, 0.5) is 0 Å². The highest BCUT2D eigenvalue weighted by Crippen LogP contribution is 2.29. The van der Waals surface area contributed by atoms with E-state index in [1.807, 2.05) is 12.1 Å². The van der Waals surface area contributed by atoms with Gasteiger partial charge >= 0.3 is 0 Å². The van der Waals surface area contributed by atoms with Crippen molar-refractivity contribution in [2.45, 2.75) is 44.7 Å². The SMILES string of the molecule is O=c1ccc(-c2cccnc2)nn1CC1CN(C2CCCCC2)C1. The zero-order chi connectivity index (χ0) is 16.4. The molecule has 3 heterocycles. The fourth-order valence-electron chi connectivity index (χ4n) is 3.96. The first-order chi connectivity index (χ1) is 11.8. The minimum atomic E-state index is -0.0150. The third-order valence-corrected chi connectivity index (χ3v) is 5.33. The summed E-state index contributed by atoms with van der Waals surface area (Å²) in [5.74, 6) is 0.543.